The van der Waals surface area contributed by atoms with E-state index in [9.17, 15) is 0 Å². The van der Waals surface area contributed by atoms with Crippen LogP contribution in [0.15, 0.2) is 0 Å². The largest absolute Gasteiger partial charge is 0.377 e. The monoisotopic (exact) mass is 170 g/mol. The molecule has 2 unspecified atom stereocenters. The normalized spacial score (nSPS) is 17.9. The van der Waals surface area contributed by atoms with Gasteiger partial charge in [-0.15, -0.1) is 12.3 Å². The number of rotatable bonds is 5. The molecule has 0 aromatic heterocycles. The first-order valence-electron chi connectivity index (χ1n) is 4.09. The molecule has 70 valence electrons. The number of hydrogen-bond donors (Lipinski definition) is 2. The molecule has 0 aliphatic rings. The molecule has 0 aromatic rings. The van der Waals surface area contributed by atoms with Crippen molar-refractivity contribution in [3.8, 4) is 12.3 Å². The van der Waals surface area contributed by atoms with Gasteiger partial charge in [0.1, 0.15) is 0 Å². The summed E-state index contributed by atoms with van der Waals surface area (Å²) in [4.78, 5) is 0. The van der Waals surface area contributed by atoms with E-state index in [-0.39, 0.29) is 11.6 Å². The highest BCUT2D eigenvalue weighted by Crippen LogP contribution is 2.20. The standard InChI is InChI=1S/C9H18N2O/c1-5-7-8(11-10)9(3,6-2)12-4/h1,8,11H,6-7,10H2,2-4H3. The van der Waals surface area contributed by atoms with E-state index in [0.717, 1.165) is 6.42 Å². The Labute approximate surface area is 74.6 Å². The number of ether oxygens (including phenoxy) is 1. The van der Waals surface area contributed by atoms with E-state index in [2.05, 4.69) is 11.3 Å². The predicted molar refractivity (Wildman–Crippen MR) is 50.3 cm³/mol. The number of nitrogens with one attached hydrogen (secondary N) is 1. The van der Waals surface area contributed by atoms with Crippen LogP contribution in [0.5, 0.6) is 0 Å². The van der Waals surface area contributed by atoms with E-state index in [1.807, 2.05) is 13.8 Å². The van der Waals surface area contributed by atoms with E-state index < -0.39 is 0 Å². The Bertz CT molecular complexity index is 158. The summed E-state index contributed by atoms with van der Waals surface area (Å²) >= 11 is 0. The Morgan fingerprint density at radius 2 is 2.33 bits per heavy atom. The van der Waals surface area contributed by atoms with Gasteiger partial charge in [0.2, 0.25) is 0 Å². The van der Waals surface area contributed by atoms with E-state index in [1.165, 1.54) is 0 Å². The Kier molecular flexibility index (Phi) is 4.91. The van der Waals surface area contributed by atoms with Crippen LogP contribution >= 0.6 is 0 Å². The van der Waals surface area contributed by atoms with Gasteiger partial charge in [0.15, 0.2) is 0 Å². The summed E-state index contributed by atoms with van der Waals surface area (Å²) in [6.07, 6.45) is 6.66. The fourth-order valence-corrected chi connectivity index (χ4v) is 1.10. The Balaban J connectivity index is 4.34. The van der Waals surface area contributed by atoms with Crippen molar-refractivity contribution in [2.24, 2.45) is 5.84 Å². The summed E-state index contributed by atoms with van der Waals surface area (Å²) in [6.45, 7) is 4.04. The van der Waals surface area contributed by atoms with Crippen LogP contribution in [0.25, 0.3) is 0 Å². The number of methoxy groups -OCH3 is 1. The third-order valence-electron chi connectivity index (χ3n) is 2.43. The van der Waals surface area contributed by atoms with Crippen molar-refractivity contribution in [1.82, 2.24) is 5.43 Å². The third kappa shape index (κ3) is 2.49. The first-order valence-corrected chi connectivity index (χ1v) is 4.09. The number of nitrogens with two attached hydrogens (primary N) is 1. The maximum absolute atomic E-state index is 5.37. The van der Waals surface area contributed by atoms with Gasteiger partial charge in [-0.3, -0.25) is 11.3 Å². The molecule has 12 heavy (non-hydrogen) atoms. The Morgan fingerprint density at radius 3 is 2.58 bits per heavy atom. The summed E-state index contributed by atoms with van der Waals surface area (Å²) in [5.74, 6) is 7.94. The minimum atomic E-state index is -0.277. The smallest absolute Gasteiger partial charge is 0.0823 e. The van der Waals surface area contributed by atoms with Gasteiger partial charge < -0.3 is 4.74 Å². The van der Waals surface area contributed by atoms with Crippen molar-refractivity contribution in [3.63, 3.8) is 0 Å². The molecule has 0 saturated heterocycles. The average molecular weight is 170 g/mol. The van der Waals surface area contributed by atoms with Crippen LogP contribution in [0.3, 0.4) is 0 Å². The van der Waals surface area contributed by atoms with Crippen molar-refractivity contribution in [3.05, 3.63) is 0 Å². The van der Waals surface area contributed by atoms with Gasteiger partial charge >= 0.3 is 0 Å². The van der Waals surface area contributed by atoms with E-state index in [4.69, 9.17) is 17.0 Å². The van der Waals surface area contributed by atoms with Crippen molar-refractivity contribution in [2.75, 3.05) is 7.11 Å². The third-order valence-corrected chi connectivity index (χ3v) is 2.43. The van der Waals surface area contributed by atoms with Crippen LogP contribution in [0.2, 0.25) is 0 Å². The lowest BCUT2D eigenvalue weighted by molar-refractivity contribution is -0.0275. The van der Waals surface area contributed by atoms with Crippen LogP contribution in [0, 0.1) is 12.3 Å². The number of hydrazine groups is 1. The number of hydrogen-bond acceptors (Lipinski definition) is 3. The summed E-state index contributed by atoms with van der Waals surface area (Å²) in [5, 5.41) is 0. The van der Waals surface area contributed by atoms with Crippen LogP contribution in [0.4, 0.5) is 0 Å². The van der Waals surface area contributed by atoms with Crippen molar-refractivity contribution < 1.29 is 4.74 Å². The molecule has 0 saturated carbocycles. The molecule has 0 aliphatic carbocycles. The molecule has 2 atom stereocenters. The van der Waals surface area contributed by atoms with Crippen molar-refractivity contribution in [1.29, 1.82) is 0 Å². The molecule has 3 heteroatoms. The molecule has 0 amide bonds. The molecule has 0 bridgehead atoms. The van der Waals surface area contributed by atoms with Gasteiger partial charge in [0.05, 0.1) is 11.6 Å². The second kappa shape index (κ2) is 5.15. The lowest BCUT2D eigenvalue weighted by Gasteiger charge is -2.34. The lowest BCUT2D eigenvalue weighted by Crippen LogP contribution is -2.52. The lowest BCUT2D eigenvalue weighted by atomic mass is 9.91. The number of terminal acetylenes is 1. The highest BCUT2D eigenvalue weighted by molar-refractivity contribution is 4.97. The fraction of sp³-hybridized carbons (Fsp3) is 0.778. The summed E-state index contributed by atoms with van der Waals surface area (Å²) in [6, 6.07) is 0.0116. The first-order chi connectivity index (χ1) is 5.64. The van der Waals surface area contributed by atoms with Crippen LogP contribution in [-0.2, 0) is 4.74 Å². The van der Waals surface area contributed by atoms with E-state index in [0.29, 0.717) is 6.42 Å². The zero-order valence-corrected chi connectivity index (χ0v) is 8.05. The molecule has 0 heterocycles. The molecular formula is C9H18N2O. The Morgan fingerprint density at radius 1 is 1.75 bits per heavy atom. The van der Waals surface area contributed by atoms with Crippen LogP contribution < -0.4 is 11.3 Å². The molecule has 0 aliphatic heterocycles. The summed E-state index contributed by atoms with van der Waals surface area (Å²) in [5.41, 5.74) is 2.40. The predicted octanol–water partition coefficient (Wildman–Crippen LogP) is 0.657. The molecule has 0 rings (SSSR count). The highest BCUT2D eigenvalue weighted by Gasteiger charge is 2.30. The first kappa shape index (κ1) is 11.4. The molecule has 3 nitrogen and oxygen atoms in total. The highest BCUT2D eigenvalue weighted by atomic mass is 16.5. The molecule has 0 radical (unpaired) electrons. The van der Waals surface area contributed by atoms with Gasteiger partial charge in [-0.25, -0.2) is 0 Å². The molecule has 3 N–H and O–H groups in total. The van der Waals surface area contributed by atoms with Gasteiger partial charge in [0, 0.05) is 13.5 Å². The molecule has 0 spiro atoms. The zero-order valence-electron chi connectivity index (χ0n) is 8.05. The van der Waals surface area contributed by atoms with Crippen molar-refractivity contribution in [2.45, 2.75) is 38.3 Å². The van der Waals surface area contributed by atoms with Crippen molar-refractivity contribution >= 4 is 0 Å². The van der Waals surface area contributed by atoms with Gasteiger partial charge in [-0.2, -0.15) is 0 Å². The fourth-order valence-electron chi connectivity index (χ4n) is 1.10. The second-order valence-electron chi connectivity index (χ2n) is 3.00. The Hall–Kier alpha value is -0.560. The van der Waals surface area contributed by atoms with Gasteiger partial charge in [-0.1, -0.05) is 6.92 Å². The topological polar surface area (TPSA) is 47.3 Å². The summed E-state index contributed by atoms with van der Waals surface area (Å²) in [7, 11) is 1.67. The maximum Gasteiger partial charge on any atom is 0.0823 e. The quantitative estimate of drug-likeness (QED) is 0.362. The summed E-state index contributed by atoms with van der Waals surface area (Å²) < 4.78 is 5.35. The minimum absolute atomic E-state index is 0.0116. The van der Waals surface area contributed by atoms with E-state index in [1.54, 1.807) is 7.11 Å². The van der Waals surface area contributed by atoms with Crippen LogP contribution in [0.1, 0.15) is 26.7 Å². The SMILES string of the molecule is C#CCC(NN)C(C)(CC)OC. The van der Waals surface area contributed by atoms with E-state index >= 15 is 0 Å². The van der Waals surface area contributed by atoms with Gasteiger partial charge in [-0.05, 0) is 13.3 Å². The minimum Gasteiger partial charge on any atom is -0.377 e. The van der Waals surface area contributed by atoms with Crippen LogP contribution in [-0.4, -0.2) is 18.8 Å². The average Bonchev–Trinajstić information content (AvgIpc) is 2.13. The molecular weight excluding hydrogens is 152 g/mol. The maximum atomic E-state index is 5.37. The van der Waals surface area contributed by atoms with Gasteiger partial charge in [0.25, 0.3) is 0 Å². The zero-order chi connectivity index (χ0) is 9.61. The second-order valence-corrected chi connectivity index (χ2v) is 3.00. The molecule has 0 fully saturated rings. The molecule has 0 aromatic carbocycles.